The van der Waals surface area contributed by atoms with E-state index in [1.54, 1.807) is 24.3 Å². The predicted octanol–water partition coefficient (Wildman–Crippen LogP) is 2.65. The number of amides is 3. The number of ether oxygens (including phenoxy) is 1. The first-order valence-corrected chi connectivity index (χ1v) is 8.51. The Hall–Kier alpha value is -2.90. The second-order valence-electron chi connectivity index (χ2n) is 6.02. The summed E-state index contributed by atoms with van der Waals surface area (Å²) in [6, 6.07) is 15.4. The van der Waals surface area contributed by atoms with Gasteiger partial charge in [-0.3, -0.25) is 4.79 Å². The van der Waals surface area contributed by atoms with Crippen LogP contribution in [0.2, 0.25) is 0 Å². The number of urea groups is 1. The lowest BCUT2D eigenvalue weighted by Crippen LogP contribution is -2.53. The van der Waals surface area contributed by atoms with Crippen LogP contribution in [0.15, 0.2) is 54.6 Å². The van der Waals surface area contributed by atoms with E-state index in [2.05, 4.69) is 21.3 Å². The number of carbonyl (C=O) groups excluding carboxylic acids is 2. The molecule has 2 atom stereocenters. The molecular formula is C19H22N4O3. The Morgan fingerprint density at radius 2 is 1.50 bits per heavy atom. The highest BCUT2D eigenvalue weighted by molar-refractivity contribution is 6.00. The van der Waals surface area contributed by atoms with Crippen molar-refractivity contribution in [2.45, 2.75) is 19.1 Å². The van der Waals surface area contributed by atoms with E-state index < -0.39 is 0 Å². The van der Waals surface area contributed by atoms with Crippen molar-refractivity contribution in [3.8, 4) is 0 Å². The molecule has 0 unspecified atom stereocenters. The minimum absolute atomic E-state index is 0.139. The monoisotopic (exact) mass is 354 g/mol. The predicted molar refractivity (Wildman–Crippen MR) is 101 cm³/mol. The van der Waals surface area contributed by atoms with Crippen LogP contribution < -0.4 is 21.3 Å². The summed E-state index contributed by atoms with van der Waals surface area (Å²) in [4.78, 5) is 24.3. The second-order valence-corrected chi connectivity index (χ2v) is 6.02. The van der Waals surface area contributed by atoms with E-state index in [4.69, 9.17) is 4.74 Å². The molecule has 2 aromatic rings. The fourth-order valence-electron chi connectivity index (χ4n) is 2.70. The number of morpholine rings is 1. The van der Waals surface area contributed by atoms with E-state index >= 15 is 0 Å². The highest BCUT2D eigenvalue weighted by Gasteiger charge is 2.28. The molecular weight excluding hydrogens is 332 g/mol. The summed E-state index contributed by atoms with van der Waals surface area (Å²) in [5, 5.41) is 11.5. The molecule has 7 heteroatoms. The van der Waals surface area contributed by atoms with Gasteiger partial charge in [-0.15, -0.1) is 0 Å². The van der Waals surface area contributed by atoms with Crippen LogP contribution in [-0.2, 0) is 9.53 Å². The van der Waals surface area contributed by atoms with Gasteiger partial charge in [0.25, 0.3) is 0 Å². The summed E-state index contributed by atoms with van der Waals surface area (Å²) in [7, 11) is 0. The van der Waals surface area contributed by atoms with Crippen molar-refractivity contribution in [1.82, 2.24) is 5.32 Å². The zero-order chi connectivity index (χ0) is 18.4. The first-order valence-electron chi connectivity index (χ1n) is 8.51. The van der Waals surface area contributed by atoms with Gasteiger partial charge in [0.1, 0.15) is 6.04 Å². The Labute approximate surface area is 152 Å². The summed E-state index contributed by atoms with van der Waals surface area (Å²) in [6.07, 6.45) is -0.175. The minimum atomic E-state index is -0.377. The van der Waals surface area contributed by atoms with Crippen molar-refractivity contribution in [3.05, 3.63) is 54.6 Å². The van der Waals surface area contributed by atoms with Gasteiger partial charge in [-0.05, 0) is 43.3 Å². The molecule has 136 valence electrons. The molecule has 3 rings (SSSR count). The maximum absolute atomic E-state index is 12.3. The van der Waals surface area contributed by atoms with Gasteiger partial charge in [-0.25, -0.2) is 4.79 Å². The van der Waals surface area contributed by atoms with Gasteiger partial charge in [-0.1, -0.05) is 18.2 Å². The summed E-state index contributed by atoms with van der Waals surface area (Å²) >= 11 is 0. The molecule has 26 heavy (non-hydrogen) atoms. The van der Waals surface area contributed by atoms with Crippen LogP contribution in [0, 0.1) is 0 Å². The molecule has 0 aromatic heterocycles. The second kappa shape index (κ2) is 8.46. The molecule has 7 nitrogen and oxygen atoms in total. The molecule has 3 amide bonds. The number of anilines is 3. The van der Waals surface area contributed by atoms with Gasteiger partial charge >= 0.3 is 6.03 Å². The van der Waals surface area contributed by atoms with Gasteiger partial charge in [0, 0.05) is 23.6 Å². The molecule has 2 aromatic carbocycles. The van der Waals surface area contributed by atoms with Crippen LogP contribution in [0.1, 0.15) is 6.92 Å². The van der Waals surface area contributed by atoms with Crippen LogP contribution in [0.25, 0.3) is 0 Å². The van der Waals surface area contributed by atoms with Crippen molar-refractivity contribution < 1.29 is 14.3 Å². The standard InChI is InChI=1S/C19H22N4O3/c1-13-17(20-11-12-26-13)18(24)21-15-7-9-16(10-8-15)23-19(25)22-14-5-3-2-4-6-14/h2-10,13,17,20H,11-12H2,1H3,(H,21,24)(H2,22,23,25)/t13-,17+/m1/s1. The van der Waals surface area contributed by atoms with Crippen LogP contribution in [-0.4, -0.2) is 37.2 Å². The highest BCUT2D eigenvalue weighted by Crippen LogP contribution is 2.15. The van der Waals surface area contributed by atoms with Crippen LogP contribution in [0.3, 0.4) is 0 Å². The average Bonchev–Trinajstić information content (AvgIpc) is 2.64. The van der Waals surface area contributed by atoms with Gasteiger partial charge in [0.2, 0.25) is 5.91 Å². The molecule has 0 spiro atoms. The van der Waals surface area contributed by atoms with E-state index in [1.807, 2.05) is 37.3 Å². The summed E-state index contributed by atoms with van der Waals surface area (Å²) in [6.45, 7) is 3.13. The zero-order valence-electron chi connectivity index (χ0n) is 14.5. The average molecular weight is 354 g/mol. The maximum Gasteiger partial charge on any atom is 0.323 e. The first-order chi connectivity index (χ1) is 12.6. The number of nitrogens with one attached hydrogen (secondary N) is 4. The quantitative estimate of drug-likeness (QED) is 0.679. The number of benzene rings is 2. The molecule has 0 saturated carbocycles. The summed E-state index contributed by atoms with van der Waals surface area (Å²) < 4.78 is 5.48. The Morgan fingerprint density at radius 1 is 0.923 bits per heavy atom. The molecule has 4 N–H and O–H groups in total. The lowest BCUT2D eigenvalue weighted by molar-refractivity contribution is -0.123. The van der Waals surface area contributed by atoms with Crippen LogP contribution >= 0.6 is 0 Å². The first kappa shape index (κ1) is 17.9. The lowest BCUT2D eigenvalue weighted by Gasteiger charge is -2.29. The molecule has 1 aliphatic heterocycles. The molecule has 1 saturated heterocycles. The number of para-hydroxylation sites is 1. The Morgan fingerprint density at radius 3 is 2.12 bits per heavy atom. The van der Waals surface area contributed by atoms with Crippen molar-refractivity contribution in [2.75, 3.05) is 29.1 Å². The van der Waals surface area contributed by atoms with E-state index in [1.165, 1.54) is 0 Å². The molecule has 1 fully saturated rings. The van der Waals surface area contributed by atoms with Gasteiger partial charge in [-0.2, -0.15) is 0 Å². The third-order valence-corrected chi connectivity index (χ3v) is 4.04. The Balaban J connectivity index is 1.53. The van der Waals surface area contributed by atoms with Crippen molar-refractivity contribution in [2.24, 2.45) is 0 Å². The number of hydrogen-bond acceptors (Lipinski definition) is 4. The van der Waals surface area contributed by atoms with Gasteiger partial charge in [0.05, 0.1) is 12.7 Å². The van der Waals surface area contributed by atoms with Gasteiger partial charge in [0.15, 0.2) is 0 Å². The van der Waals surface area contributed by atoms with Crippen molar-refractivity contribution >= 4 is 29.0 Å². The third-order valence-electron chi connectivity index (χ3n) is 4.04. The highest BCUT2D eigenvalue weighted by atomic mass is 16.5. The van der Waals surface area contributed by atoms with Crippen LogP contribution in [0.4, 0.5) is 21.9 Å². The zero-order valence-corrected chi connectivity index (χ0v) is 14.5. The van der Waals surface area contributed by atoms with Gasteiger partial charge < -0.3 is 26.0 Å². The molecule has 1 aliphatic rings. The lowest BCUT2D eigenvalue weighted by atomic mass is 10.1. The summed E-state index contributed by atoms with van der Waals surface area (Å²) in [5.41, 5.74) is 2.00. The van der Waals surface area contributed by atoms with Crippen molar-refractivity contribution in [3.63, 3.8) is 0 Å². The topological polar surface area (TPSA) is 91.5 Å². The normalized spacial score (nSPS) is 19.4. The van der Waals surface area contributed by atoms with Crippen molar-refractivity contribution in [1.29, 1.82) is 0 Å². The largest absolute Gasteiger partial charge is 0.375 e. The maximum atomic E-state index is 12.3. The van der Waals surface area contributed by atoms with E-state index in [9.17, 15) is 9.59 Å². The van der Waals surface area contributed by atoms with E-state index in [-0.39, 0.29) is 24.1 Å². The number of carbonyl (C=O) groups is 2. The fraction of sp³-hybridized carbons (Fsp3) is 0.263. The number of rotatable bonds is 4. The van der Waals surface area contributed by atoms with E-state index in [0.717, 1.165) is 0 Å². The molecule has 1 heterocycles. The molecule has 0 aliphatic carbocycles. The van der Waals surface area contributed by atoms with E-state index in [0.29, 0.717) is 30.2 Å². The Kier molecular flexibility index (Phi) is 5.83. The van der Waals surface area contributed by atoms with Crippen LogP contribution in [0.5, 0.6) is 0 Å². The molecule has 0 radical (unpaired) electrons. The summed E-state index contributed by atoms with van der Waals surface area (Å²) in [5.74, 6) is -0.139. The fourth-order valence-corrected chi connectivity index (χ4v) is 2.70. The smallest absolute Gasteiger partial charge is 0.323 e. The minimum Gasteiger partial charge on any atom is -0.375 e. The third kappa shape index (κ3) is 4.81. The number of hydrogen-bond donors (Lipinski definition) is 4. The Bertz CT molecular complexity index is 749. The molecule has 0 bridgehead atoms. The SMILES string of the molecule is C[C@H]1OCCN[C@@H]1C(=O)Nc1ccc(NC(=O)Nc2ccccc2)cc1.